The van der Waals surface area contributed by atoms with E-state index in [0.717, 1.165) is 43.4 Å². The lowest BCUT2D eigenvalue weighted by atomic mass is 10.0. The molecule has 0 bridgehead atoms. The Kier molecular flexibility index (Phi) is 3.65. The Bertz CT molecular complexity index is 506. The topological polar surface area (TPSA) is 66.8 Å². The smallest absolute Gasteiger partial charge is 0.151 e. The van der Waals surface area contributed by atoms with Crippen LogP contribution in [0.4, 0.5) is 5.82 Å². The molecule has 0 atom stereocenters. The minimum Gasteiger partial charge on any atom is -0.354 e. The van der Waals surface area contributed by atoms with Crippen molar-refractivity contribution in [1.29, 1.82) is 0 Å². The van der Waals surface area contributed by atoms with Gasteiger partial charge in [-0.05, 0) is 30.6 Å². The van der Waals surface area contributed by atoms with Crippen LogP contribution in [0.2, 0.25) is 0 Å². The van der Waals surface area contributed by atoms with Crippen LogP contribution in [-0.2, 0) is 6.54 Å². The molecule has 1 N–H and O–H groups in total. The van der Waals surface area contributed by atoms with Gasteiger partial charge in [0.15, 0.2) is 5.82 Å². The Balaban J connectivity index is 1.39. The second kappa shape index (κ2) is 5.58. The average Bonchev–Trinajstić information content (AvgIpc) is 2.87. The quantitative estimate of drug-likeness (QED) is 0.874. The highest BCUT2D eigenvalue weighted by atomic mass is 32.1. The Morgan fingerprint density at radius 3 is 2.89 bits per heavy atom. The fraction of sp³-hybridized carbons (Fsp3) is 0.500. The maximum Gasteiger partial charge on any atom is 0.151 e. The lowest BCUT2D eigenvalue weighted by molar-refractivity contribution is 0.380. The van der Waals surface area contributed by atoms with Crippen molar-refractivity contribution in [3.8, 4) is 0 Å². The highest BCUT2D eigenvalue weighted by Crippen LogP contribution is 2.21. The molecule has 100 valence electrons. The van der Waals surface area contributed by atoms with Gasteiger partial charge >= 0.3 is 0 Å². The van der Waals surface area contributed by atoms with Crippen LogP contribution in [0.3, 0.4) is 0 Å². The molecule has 1 aliphatic rings. The largest absolute Gasteiger partial charge is 0.354 e. The molecule has 6 nitrogen and oxygen atoms in total. The molecule has 7 heteroatoms. The van der Waals surface area contributed by atoms with E-state index in [2.05, 4.69) is 30.0 Å². The molecule has 19 heavy (non-hydrogen) atoms. The number of rotatable bonds is 5. The summed E-state index contributed by atoms with van der Waals surface area (Å²) in [6.45, 7) is 5.84. The van der Waals surface area contributed by atoms with Gasteiger partial charge in [-0.25, -0.2) is 0 Å². The number of anilines is 1. The molecule has 3 rings (SSSR count). The minimum atomic E-state index is 0.676. The van der Waals surface area contributed by atoms with Crippen molar-refractivity contribution < 1.29 is 0 Å². The SMILES string of the molecule is Cc1ccc(N2CC(CNCc3csnn3)C2)nn1. The summed E-state index contributed by atoms with van der Waals surface area (Å²) < 4.78 is 3.84. The van der Waals surface area contributed by atoms with E-state index in [1.54, 1.807) is 0 Å². The summed E-state index contributed by atoms with van der Waals surface area (Å²) in [6, 6.07) is 4.04. The zero-order valence-corrected chi connectivity index (χ0v) is 11.6. The number of nitrogens with zero attached hydrogens (tertiary/aromatic N) is 5. The maximum atomic E-state index is 4.19. The molecular formula is C12H16N6S. The van der Waals surface area contributed by atoms with E-state index in [1.165, 1.54) is 11.5 Å². The average molecular weight is 276 g/mol. The molecule has 0 aromatic carbocycles. The summed E-state index contributed by atoms with van der Waals surface area (Å²) in [5, 5.41) is 17.7. The van der Waals surface area contributed by atoms with Crippen molar-refractivity contribution >= 4 is 17.4 Å². The molecule has 1 aliphatic heterocycles. The van der Waals surface area contributed by atoms with Crippen molar-refractivity contribution in [2.75, 3.05) is 24.5 Å². The van der Waals surface area contributed by atoms with Crippen molar-refractivity contribution in [1.82, 2.24) is 25.1 Å². The van der Waals surface area contributed by atoms with E-state index in [0.29, 0.717) is 5.92 Å². The van der Waals surface area contributed by atoms with Crippen molar-refractivity contribution in [2.45, 2.75) is 13.5 Å². The number of hydrogen-bond acceptors (Lipinski definition) is 7. The van der Waals surface area contributed by atoms with E-state index < -0.39 is 0 Å². The number of aromatic nitrogens is 4. The van der Waals surface area contributed by atoms with Gasteiger partial charge in [0.2, 0.25) is 0 Å². The first-order valence-corrected chi connectivity index (χ1v) is 7.17. The van der Waals surface area contributed by atoms with Gasteiger partial charge in [-0.3, -0.25) is 0 Å². The van der Waals surface area contributed by atoms with Gasteiger partial charge in [-0.2, -0.15) is 5.10 Å². The van der Waals surface area contributed by atoms with Crippen LogP contribution in [0, 0.1) is 12.8 Å². The molecule has 3 heterocycles. The van der Waals surface area contributed by atoms with Crippen molar-refractivity contribution in [3.05, 3.63) is 28.9 Å². The van der Waals surface area contributed by atoms with E-state index in [9.17, 15) is 0 Å². The monoisotopic (exact) mass is 276 g/mol. The first-order valence-electron chi connectivity index (χ1n) is 6.33. The van der Waals surface area contributed by atoms with Gasteiger partial charge in [0.25, 0.3) is 0 Å². The molecule has 0 spiro atoms. The van der Waals surface area contributed by atoms with Gasteiger partial charge < -0.3 is 10.2 Å². The predicted molar refractivity (Wildman–Crippen MR) is 74.1 cm³/mol. The second-order valence-electron chi connectivity index (χ2n) is 4.83. The van der Waals surface area contributed by atoms with Crippen LogP contribution >= 0.6 is 11.5 Å². The van der Waals surface area contributed by atoms with Crippen LogP contribution in [0.5, 0.6) is 0 Å². The molecule has 0 amide bonds. The molecule has 0 radical (unpaired) electrons. The first-order chi connectivity index (χ1) is 9.31. The molecule has 0 aliphatic carbocycles. The number of hydrogen-bond donors (Lipinski definition) is 1. The van der Waals surface area contributed by atoms with Crippen molar-refractivity contribution in [2.24, 2.45) is 5.92 Å². The fourth-order valence-corrected chi connectivity index (χ4v) is 2.56. The molecule has 1 saturated heterocycles. The summed E-state index contributed by atoms with van der Waals surface area (Å²) in [6.07, 6.45) is 0. The lowest BCUT2D eigenvalue weighted by Crippen LogP contribution is -2.51. The molecule has 1 fully saturated rings. The summed E-state index contributed by atoms with van der Waals surface area (Å²) in [4.78, 5) is 2.25. The molecular weight excluding hydrogens is 260 g/mol. The number of nitrogens with one attached hydrogen (secondary N) is 1. The van der Waals surface area contributed by atoms with Crippen LogP contribution in [0.1, 0.15) is 11.4 Å². The maximum absolute atomic E-state index is 4.19. The molecule has 0 saturated carbocycles. The van der Waals surface area contributed by atoms with Gasteiger partial charge in [0.05, 0.1) is 11.4 Å². The standard InChI is InChI=1S/C12H16N6S/c1-9-2-3-12(16-14-9)18-6-10(7-18)4-13-5-11-8-19-17-15-11/h2-3,8,10,13H,4-7H2,1H3. The fourth-order valence-electron chi connectivity index (χ4n) is 2.11. The zero-order chi connectivity index (χ0) is 13.1. The Morgan fingerprint density at radius 2 is 2.21 bits per heavy atom. The van der Waals surface area contributed by atoms with Gasteiger partial charge in [0.1, 0.15) is 0 Å². The lowest BCUT2D eigenvalue weighted by Gasteiger charge is -2.40. The third-order valence-electron chi connectivity index (χ3n) is 3.21. The van der Waals surface area contributed by atoms with E-state index in [-0.39, 0.29) is 0 Å². The van der Waals surface area contributed by atoms with Crippen LogP contribution in [0.15, 0.2) is 17.5 Å². The Morgan fingerprint density at radius 1 is 1.32 bits per heavy atom. The summed E-state index contributed by atoms with van der Waals surface area (Å²) in [5.74, 6) is 1.65. The molecule has 0 unspecified atom stereocenters. The van der Waals surface area contributed by atoms with E-state index in [4.69, 9.17) is 0 Å². The van der Waals surface area contributed by atoms with Crippen molar-refractivity contribution in [3.63, 3.8) is 0 Å². The molecule has 2 aromatic rings. The summed E-state index contributed by atoms with van der Waals surface area (Å²) in [7, 11) is 0. The first kappa shape index (κ1) is 12.4. The Labute approximate surface area is 116 Å². The third kappa shape index (κ3) is 3.05. The van der Waals surface area contributed by atoms with Gasteiger partial charge in [0, 0.05) is 37.5 Å². The van der Waals surface area contributed by atoms with E-state index in [1.807, 2.05) is 24.4 Å². The van der Waals surface area contributed by atoms with Crippen LogP contribution in [0.25, 0.3) is 0 Å². The molecule has 2 aromatic heterocycles. The third-order valence-corrected chi connectivity index (χ3v) is 3.76. The Hall–Kier alpha value is -1.60. The van der Waals surface area contributed by atoms with Gasteiger partial charge in [-0.1, -0.05) is 4.49 Å². The zero-order valence-electron chi connectivity index (χ0n) is 10.8. The highest BCUT2D eigenvalue weighted by molar-refractivity contribution is 7.03. The van der Waals surface area contributed by atoms with Crippen LogP contribution in [-0.4, -0.2) is 39.4 Å². The summed E-state index contributed by atoms with van der Waals surface area (Å²) in [5.41, 5.74) is 1.98. The summed E-state index contributed by atoms with van der Waals surface area (Å²) >= 11 is 1.39. The predicted octanol–water partition coefficient (Wildman–Crippen LogP) is 0.863. The normalized spacial score (nSPS) is 15.5. The van der Waals surface area contributed by atoms with E-state index >= 15 is 0 Å². The van der Waals surface area contributed by atoms with Crippen LogP contribution < -0.4 is 10.2 Å². The van der Waals surface area contributed by atoms with Gasteiger partial charge in [-0.15, -0.1) is 10.2 Å². The highest BCUT2D eigenvalue weighted by Gasteiger charge is 2.27. The number of aryl methyl sites for hydroxylation is 1. The minimum absolute atomic E-state index is 0.676. The second-order valence-corrected chi connectivity index (χ2v) is 5.44.